The van der Waals surface area contributed by atoms with Gasteiger partial charge in [0, 0.05) is 30.7 Å². The maximum atomic E-state index is 13.3. The molecule has 0 fully saturated rings. The number of hydrogen-bond acceptors (Lipinski definition) is 4. The summed E-state index contributed by atoms with van der Waals surface area (Å²) < 4.78 is 80.0. The van der Waals surface area contributed by atoms with E-state index in [9.17, 15) is 36.2 Å². The second-order valence-corrected chi connectivity index (χ2v) is 7.22. The Morgan fingerprint density at radius 2 is 1.68 bits per heavy atom. The molecule has 1 atom stereocenters. The molecule has 0 aliphatic carbocycles. The van der Waals surface area contributed by atoms with Gasteiger partial charge in [-0.25, -0.2) is 9.80 Å². The number of nitrogens with zero attached hydrogens (tertiary/aromatic N) is 3. The molecule has 0 saturated heterocycles. The minimum atomic E-state index is -5.02. The monoisotopic (exact) mass is 489 g/mol. The average Bonchev–Trinajstić information content (AvgIpc) is 2.75. The Morgan fingerprint density at radius 1 is 1.15 bits per heavy atom. The van der Waals surface area contributed by atoms with E-state index < -0.39 is 40.9 Å². The van der Waals surface area contributed by atoms with Gasteiger partial charge in [-0.05, 0) is 49.6 Å². The number of alkyl halides is 6. The van der Waals surface area contributed by atoms with Crippen LogP contribution in [0.4, 0.5) is 26.3 Å². The van der Waals surface area contributed by atoms with Gasteiger partial charge in [0.15, 0.2) is 0 Å². The number of hydrogen-bond donors (Lipinski definition) is 1. The van der Waals surface area contributed by atoms with Crippen molar-refractivity contribution in [3.8, 4) is 0 Å². The molecule has 0 saturated carbocycles. The van der Waals surface area contributed by atoms with Crippen molar-refractivity contribution in [3.05, 3.63) is 71.2 Å². The Kier molecular flexibility index (Phi) is 9.83. The lowest BCUT2D eigenvalue weighted by Gasteiger charge is -2.20. The molecule has 0 bridgehead atoms. The maximum absolute atomic E-state index is 13.3. The van der Waals surface area contributed by atoms with E-state index in [0.717, 1.165) is 17.4 Å². The first-order valence-electron chi connectivity index (χ1n) is 10.0. The van der Waals surface area contributed by atoms with E-state index in [4.69, 9.17) is 0 Å². The number of halogens is 6. The fourth-order valence-corrected chi connectivity index (χ4v) is 2.70. The number of carbonyl (C=O) groups is 1. The number of carboxylic acids is 1. The van der Waals surface area contributed by atoms with Gasteiger partial charge in [0.2, 0.25) is 0 Å². The zero-order chi connectivity index (χ0) is 26.3. The van der Waals surface area contributed by atoms with Crippen molar-refractivity contribution in [3.63, 3.8) is 0 Å². The standard InChI is InChI=1S/C23H25F6N3O2/c1-6-14(4)20(16-9-17(22(24,25)26)11-18(10-16)23(27,28)29)31-32(8-3)13-19(21(33)34)15(5)12-30-7-2/h7-14H,3,6H2,1-2,4-5H3,(H,33,34)/b15-12+,19-13+,30-7?,31-20+. The molecule has 0 heterocycles. The van der Waals surface area contributed by atoms with Gasteiger partial charge in [0.05, 0.1) is 22.4 Å². The number of carboxylic acid groups (broad SMARTS) is 1. The van der Waals surface area contributed by atoms with Gasteiger partial charge >= 0.3 is 18.3 Å². The van der Waals surface area contributed by atoms with Crippen molar-refractivity contribution < 1.29 is 36.2 Å². The highest BCUT2D eigenvalue weighted by atomic mass is 19.4. The summed E-state index contributed by atoms with van der Waals surface area (Å²) in [6.07, 6.45) is -4.87. The summed E-state index contributed by atoms with van der Waals surface area (Å²) in [6, 6.07) is 1.21. The normalized spacial score (nSPS) is 14.9. The highest BCUT2D eigenvalue weighted by Gasteiger charge is 2.37. The Hall–Kier alpha value is -3.37. The minimum absolute atomic E-state index is 0.0356. The van der Waals surface area contributed by atoms with Crippen LogP contribution >= 0.6 is 0 Å². The molecular weight excluding hydrogens is 464 g/mol. The molecule has 186 valence electrons. The maximum Gasteiger partial charge on any atom is 0.416 e. The lowest BCUT2D eigenvalue weighted by Crippen LogP contribution is -2.20. The summed E-state index contributed by atoms with van der Waals surface area (Å²) in [7, 11) is 0. The molecule has 0 aliphatic heterocycles. The smallest absolute Gasteiger partial charge is 0.416 e. The van der Waals surface area contributed by atoms with Crippen LogP contribution in [0.5, 0.6) is 0 Å². The third kappa shape index (κ3) is 7.89. The van der Waals surface area contributed by atoms with Crippen molar-refractivity contribution in [1.82, 2.24) is 5.01 Å². The Bertz CT molecular complexity index is 988. The lowest BCUT2D eigenvalue weighted by atomic mass is 9.93. The number of benzene rings is 1. The van der Waals surface area contributed by atoms with Crippen LogP contribution in [0.3, 0.4) is 0 Å². The van der Waals surface area contributed by atoms with Crippen molar-refractivity contribution in [1.29, 1.82) is 0 Å². The first kappa shape index (κ1) is 28.7. The third-order valence-corrected chi connectivity index (χ3v) is 4.71. The van der Waals surface area contributed by atoms with Crippen LogP contribution in [0.2, 0.25) is 0 Å². The van der Waals surface area contributed by atoms with Gasteiger partial charge in [-0.3, -0.25) is 4.99 Å². The van der Waals surface area contributed by atoms with Crippen LogP contribution in [0.15, 0.2) is 64.6 Å². The molecule has 1 N–H and O–H groups in total. The van der Waals surface area contributed by atoms with Crippen LogP contribution in [0, 0.1) is 5.92 Å². The van der Waals surface area contributed by atoms with Gasteiger partial charge in [-0.1, -0.05) is 20.4 Å². The quantitative estimate of drug-likeness (QED) is 0.135. The zero-order valence-corrected chi connectivity index (χ0v) is 19.0. The molecular formula is C23H25F6N3O2. The second kappa shape index (κ2) is 11.7. The number of rotatable bonds is 9. The SMILES string of the molecule is C=CN(/C=C(C(=O)O)\C(C)=C\N=CC)/N=C(/c1cc(C(F)(F)F)cc(C(F)(F)F)c1)C(C)CC. The predicted molar refractivity (Wildman–Crippen MR) is 118 cm³/mol. The van der Waals surface area contributed by atoms with Crippen LogP contribution in [-0.2, 0) is 17.1 Å². The molecule has 1 unspecified atom stereocenters. The number of hydrazone groups is 1. The highest BCUT2D eigenvalue weighted by molar-refractivity contribution is 6.02. The van der Waals surface area contributed by atoms with Crippen molar-refractivity contribution >= 4 is 17.9 Å². The van der Waals surface area contributed by atoms with E-state index in [0.29, 0.717) is 18.6 Å². The molecule has 5 nitrogen and oxygen atoms in total. The van der Waals surface area contributed by atoms with Crippen LogP contribution in [-0.4, -0.2) is 28.0 Å². The fraction of sp³-hybridized carbons (Fsp3) is 0.348. The molecule has 0 radical (unpaired) electrons. The lowest BCUT2D eigenvalue weighted by molar-refractivity contribution is -0.143. The van der Waals surface area contributed by atoms with E-state index in [1.54, 1.807) is 20.8 Å². The molecule has 0 amide bonds. The Morgan fingerprint density at radius 3 is 2.06 bits per heavy atom. The van der Waals surface area contributed by atoms with E-state index in [-0.39, 0.29) is 22.9 Å². The summed E-state index contributed by atoms with van der Waals surface area (Å²) in [5.74, 6) is -1.92. The highest BCUT2D eigenvalue weighted by Crippen LogP contribution is 2.37. The molecule has 1 aromatic carbocycles. The zero-order valence-electron chi connectivity index (χ0n) is 19.0. The summed E-state index contributed by atoms with van der Waals surface area (Å²) in [6.45, 7) is 9.87. The molecule has 0 aliphatic rings. The second-order valence-electron chi connectivity index (χ2n) is 7.22. The summed E-state index contributed by atoms with van der Waals surface area (Å²) >= 11 is 0. The van der Waals surface area contributed by atoms with Crippen molar-refractivity contribution in [2.24, 2.45) is 16.0 Å². The van der Waals surface area contributed by atoms with Gasteiger partial charge in [-0.2, -0.15) is 31.4 Å². The van der Waals surface area contributed by atoms with Gasteiger partial charge in [0.25, 0.3) is 0 Å². The van der Waals surface area contributed by atoms with Gasteiger partial charge in [-0.15, -0.1) is 0 Å². The summed E-state index contributed by atoms with van der Waals surface area (Å²) in [5, 5.41) is 14.6. The van der Waals surface area contributed by atoms with Crippen molar-refractivity contribution in [2.45, 2.75) is 46.5 Å². The topological polar surface area (TPSA) is 65.3 Å². The van der Waals surface area contributed by atoms with Crippen LogP contribution in [0.25, 0.3) is 0 Å². The van der Waals surface area contributed by atoms with E-state index >= 15 is 0 Å². The fourth-order valence-electron chi connectivity index (χ4n) is 2.70. The van der Waals surface area contributed by atoms with E-state index in [1.807, 2.05) is 0 Å². The Balaban J connectivity index is 3.82. The molecule has 0 spiro atoms. The minimum Gasteiger partial charge on any atom is -0.478 e. The number of aliphatic carboxylic acids is 1. The molecule has 1 rings (SSSR count). The first-order valence-corrected chi connectivity index (χ1v) is 10.0. The third-order valence-electron chi connectivity index (χ3n) is 4.71. The Labute approximate surface area is 193 Å². The molecule has 0 aromatic heterocycles. The van der Waals surface area contributed by atoms with Crippen LogP contribution < -0.4 is 0 Å². The molecule has 1 aromatic rings. The summed E-state index contributed by atoms with van der Waals surface area (Å²) in [4.78, 5) is 15.5. The molecule has 34 heavy (non-hydrogen) atoms. The van der Waals surface area contributed by atoms with Crippen molar-refractivity contribution in [2.75, 3.05) is 0 Å². The summed E-state index contributed by atoms with van der Waals surface area (Å²) in [5.41, 5.74) is -3.47. The molecule has 11 heteroatoms. The van der Waals surface area contributed by atoms with E-state index in [1.165, 1.54) is 19.3 Å². The van der Waals surface area contributed by atoms with E-state index in [2.05, 4.69) is 16.7 Å². The van der Waals surface area contributed by atoms with Gasteiger partial charge < -0.3 is 5.11 Å². The number of aliphatic imine (C=N–C) groups is 1. The van der Waals surface area contributed by atoms with Gasteiger partial charge in [0.1, 0.15) is 0 Å². The predicted octanol–water partition coefficient (Wildman–Crippen LogP) is 6.88. The average molecular weight is 489 g/mol. The van der Waals surface area contributed by atoms with Crippen LogP contribution in [0.1, 0.15) is 50.8 Å². The first-order chi connectivity index (χ1) is 15.6. The largest absolute Gasteiger partial charge is 0.478 e.